The summed E-state index contributed by atoms with van der Waals surface area (Å²) in [4.78, 5) is 21.9. The van der Waals surface area contributed by atoms with Gasteiger partial charge in [0.05, 0.1) is 29.4 Å². The van der Waals surface area contributed by atoms with Crippen molar-refractivity contribution in [2.45, 2.75) is 60.3 Å². The number of fused-ring (bicyclic) bond motifs is 8. The van der Waals surface area contributed by atoms with E-state index >= 15 is 0 Å². The van der Waals surface area contributed by atoms with Crippen LogP contribution in [-0.2, 0) is 19.5 Å². The quantitative estimate of drug-likeness (QED) is 0.0591. The van der Waals surface area contributed by atoms with Crippen LogP contribution in [-0.4, -0.2) is 16.6 Å². The van der Waals surface area contributed by atoms with Gasteiger partial charge in [-0.2, -0.15) is 0 Å². The average Bonchev–Trinajstić information content (AvgIpc) is 4.12. The summed E-state index contributed by atoms with van der Waals surface area (Å²) in [6.07, 6.45) is 15.3. The summed E-state index contributed by atoms with van der Waals surface area (Å²) in [5.74, 6) is 3.73. The maximum Gasteiger partial charge on any atom is 2.00 e. The van der Waals surface area contributed by atoms with Gasteiger partial charge in [-0.05, 0) is 179 Å². The number of ether oxygens (including phenoxy) is 1. The number of hydrogen-bond acceptors (Lipinski definition) is 3. The SMILES string of the molecule is [3H]C#Cc1ccc(-c2c3nc(c(-c4ccc(OCCCCCC)cc4C)c4ccc([n-]4)c(-c4ccc(I)cc4)c4nc(c(-c5c(C)cc(C)cc5C)c5ccc2[n-]5)C=C4)C=C3)cc1.[Zn+2]. The number of halogens is 1. The predicted molar refractivity (Wildman–Crippen MR) is 268 cm³/mol. The molecule has 3 aromatic heterocycles. The first-order valence-electron chi connectivity index (χ1n) is 21.9. The fraction of sp³-hybridized carbons (Fsp3) is 0.179. The normalized spacial score (nSPS) is 11.8. The standard InChI is InChI=1S/C56H47IN4O.Zn/c1-7-9-10-11-30-62-42-20-21-43(35(4)33-42)55-48-26-22-44(58-48)53(39-14-12-38(8-2)13-15-39)46-24-28-50(60-46)56(52-36(5)31-34(3)32-37(52)6)51-29-25-47(61-51)54(45-23-27-49(55)59-45)40-16-18-41(57)19-17-40;/h2,12-29,31-33H,7,9-11,30H2,1,3-6H3;/q-2;+2/i2T;. The Morgan fingerprint density at radius 2 is 1.11 bits per heavy atom. The first-order valence-corrected chi connectivity index (χ1v) is 22.4. The molecule has 63 heavy (non-hydrogen) atoms. The largest absolute Gasteiger partial charge is 2.00 e. The van der Waals surface area contributed by atoms with Crippen LogP contribution in [0, 0.1) is 43.6 Å². The molecule has 0 atom stereocenters. The summed E-state index contributed by atoms with van der Waals surface area (Å²) >= 11 is 2.36. The van der Waals surface area contributed by atoms with Gasteiger partial charge in [0.25, 0.3) is 0 Å². The zero-order valence-corrected chi connectivity index (χ0v) is 41.6. The summed E-state index contributed by atoms with van der Waals surface area (Å²) in [6, 6.07) is 35.8. The molecule has 5 heterocycles. The number of aryl methyl sites for hydroxylation is 4. The van der Waals surface area contributed by atoms with Crippen molar-refractivity contribution in [2.24, 2.45) is 0 Å². The van der Waals surface area contributed by atoms with Crippen LogP contribution in [0.5, 0.6) is 5.75 Å². The minimum Gasteiger partial charge on any atom is -0.657 e. The molecular weight excluding hydrogens is 937 g/mol. The molecule has 306 valence electrons. The zero-order chi connectivity index (χ0) is 43.6. The maximum absolute atomic E-state index is 7.48. The molecule has 0 N–H and O–H groups in total. The smallest absolute Gasteiger partial charge is 0.657 e. The molecule has 0 saturated carbocycles. The number of aromatic nitrogens is 4. The van der Waals surface area contributed by atoms with Crippen LogP contribution in [0.3, 0.4) is 0 Å². The molecule has 4 aromatic carbocycles. The Morgan fingerprint density at radius 1 is 0.587 bits per heavy atom. The molecule has 0 radical (unpaired) electrons. The van der Waals surface area contributed by atoms with Gasteiger partial charge in [-0.1, -0.05) is 104 Å². The second kappa shape index (κ2) is 18.9. The minimum atomic E-state index is 0. The van der Waals surface area contributed by atoms with Gasteiger partial charge in [0.1, 0.15) is 7.12 Å². The Morgan fingerprint density at radius 3 is 1.67 bits per heavy atom. The molecule has 5 nitrogen and oxygen atoms in total. The summed E-state index contributed by atoms with van der Waals surface area (Å²) in [5.41, 5.74) is 19.8. The van der Waals surface area contributed by atoms with E-state index < -0.39 is 0 Å². The van der Waals surface area contributed by atoms with Gasteiger partial charge in [-0.15, -0.1) is 28.5 Å². The van der Waals surface area contributed by atoms with E-state index in [2.05, 4.69) is 173 Å². The number of terminal acetylenes is 1. The van der Waals surface area contributed by atoms with Crippen LogP contribution < -0.4 is 14.7 Å². The van der Waals surface area contributed by atoms with Crippen molar-refractivity contribution in [1.29, 1.82) is 0 Å². The van der Waals surface area contributed by atoms with Crippen LogP contribution >= 0.6 is 22.6 Å². The van der Waals surface area contributed by atoms with E-state index in [4.69, 9.17) is 26.0 Å². The topological polar surface area (TPSA) is 63.2 Å². The zero-order valence-electron chi connectivity index (χ0n) is 37.4. The third-order valence-corrected chi connectivity index (χ3v) is 12.4. The predicted octanol–water partition coefficient (Wildman–Crippen LogP) is 14.4. The molecule has 9 rings (SSSR count). The molecule has 8 bridgehead atoms. The van der Waals surface area contributed by atoms with E-state index in [0.29, 0.717) is 6.61 Å². The summed E-state index contributed by atoms with van der Waals surface area (Å²) in [7, 11) is 0. The number of nitrogens with zero attached hydrogens (tertiary/aromatic N) is 4. The molecule has 2 aliphatic heterocycles. The van der Waals surface area contributed by atoms with Crippen LogP contribution in [0.15, 0.2) is 103 Å². The molecule has 0 unspecified atom stereocenters. The monoisotopic (exact) mass is 984 g/mol. The van der Waals surface area contributed by atoms with E-state index in [1.807, 2.05) is 24.3 Å². The van der Waals surface area contributed by atoms with Gasteiger partial charge in [0.2, 0.25) is 0 Å². The fourth-order valence-electron chi connectivity index (χ4n) is 8.85. The Labute approximate surface area is 398 Å². The van der Waals surface area contributed by atoms with E-state index in [-0.39, 0.29) is 19.5 Å². The van der Waals surface area contributed by atoms with Crippen molar-refractivity contribution in [1.82, 2.24) is 19.9 Å². The second-order valence-corrected chi connectivity index (χ2v) is 17.5. The number of hydrogen-bond donors (Lipinski definition) is 0. The van der Waals surface area contributed by atoms with Gasteiger partial charge in [-0.3, -0.25) is 0 Å². The van der Waals surface area contributed by atoms with Crippen molar-refractivity contribution in [2.75, 3.05) is 6.61 Å². The number of rotatable bonds is 10. The van der Waals surface area contributed by atoms with E-state index in [1.165, 1.54) is 24.8 Å². The molecule has 0 spiro atoms. The second-order valence-electron chi connectivity index (χ2n) is 16.2. The van der Waals surface area contributed by atoms with Gasteiger partial charge < -0.3 is 14.7 Å². The van der Waals surface area contributed by atoms with Crippen molar-refractivity contribution in [3.05, 3.63) is 157 Å². The summed E-state index contributed by atoms with van der Waals surface area (Å²) < 4.78 is 14.9. The van der Waals surface area contributed by atoms with Gasteiger partial charge in [-0.25, -0.2) is 9.97 Å². The van der Waals surface area contributed by atoms with Crippen molar-refractivity contribution in [3.63, 3.8) is 0 Å². The Kier molecular flexibility index (Phi) is 12.7. The average molecular weight is 986 g/mol. The Bertz CT molecular complexity index is 3180. The van der Waals surface area contributed by atoms with Crippen molar-refractivity contribution < 1.29 is 25.6 Å². The van der Waals surface area contributed by atoms with Crippen LogP contribution in [0.25, 0.3) is 90.9 Å². The van der Waals surface area contributed by atoms with E-state index in [0.717, 1.165) is 127 Å². The molecule has 7 heteroatoms. The number of benzene rings is 4. The van der Waals surface area contributed by atoms with Gasteiger partial charge in [0.15, 0.2) is 0 Å². The minimum absolute atomic E-state index is 0. The van der Waals surface area contributed by atoms with Gasteiger partial charge >= 0.3 is 19.5 Å². The maximum atomic E-state index is 7.48. The van der Waals surface area contributed by atoms with E-state index in [1.54, 1.807) is 0 Å². The molecule has 0 aliphatic carbocycles. The number of unbranched alkanes of at least 4 members (excludes halogenated alkanes) is 3. The molecule has 0 fully saturated rings. The Hall–Kier alpha value is -5.81. The Balaban J connectivity index is 0.00000560. The summed E-state index contributed by atoms with van der Waals surface area (Å²) in [5, 5.41) is 0. The first-order chi connectivity index (χ1) is 30.7. The molecule has 7 aromatic rings. The molecule has 0 amide bonds. The first kappa shape index (κ1) is 42.5. The third kappa shape index (κ3) is 8.90. The fourth-order valence-corrected chi connectivity index (χ4v) is 9.21. The third-order valence-electron chi connectivity index (χ3n) is 11.7. The molecular formula is C56H47IN4OZn. The van der Waals surface area contributed by atoms with Crippen LogP contribution in [0.2, 0.25) is 0 Å². The molecule has 0 saturated heterocycles. The van der Waals surface area contributed by atoms with Crippen molar-refractivity contribution >= 4 is 69.0 Å². The van der Waals surface area contributed by atoms with Crippen molar-refractivity contribution in [3.8, 4) is 62.6 Å². The molecule has 2 aliphatic rings. The summed E-state index contributed by atoms with van der Waals surface area (Å²) in [6.45, 7) is 11.5. The van der Waals surface area contributed by atoms with Crippen LogP contribution in [0.1, 0.15) is 84.6 Å². The van der Waals surface area contributed by atoms with Crippen LogP contribution in [0.4, 0.5) is 0 Å². The van der Waals surface area contributed by atoms with E-state index in [9.17, 15) is 0 Å². The van der Waals surface area contributed by atoms with Gasteiger partial charge in [0, 0.05) is 9.13 Å².